The maximum atomic E-state index is 12.9. The highest BCUT2D eigenvalue weighted by atomic mass is 32.1. The van der Waals surface area contributed by atoms with Crippen LogP contribution in [0.4, 0.5) is 5.00 Å². The lowest BCUT2D eigenvalue weighted by Crippen LogP contribution is -2.19. The predicted molar refractivity (Wildman–Crippen MR) is 129 cm³/mol. The summed E-state index contributed by atoms with van der Waals surface area (Å²) in [4.78, 5) is 26.0. The zero-order valence-electron chi connectivity index (χ0n) is 18.4. The first kappa shape index (κ1) is 22.2. The molecular weight excluding hydrogens is 466 g/mol. The SMILES string of the molecule is N#C/C(=C/c1ccc(-c2cccc(-n3cnnn3)c2)o1)C(=O)Nc1sc2c(c1C(N)=O)CCCC2. The summed E-state index contributed by atoms with van der Waals surface area (Å²) in [7, 11) is 0. The zero-order valence-corrected chi connectivity index (χ0v) is 19.2. The lowest BCUT2D eigenvalue weighted by molar-refractivity contribution is -0.112. The van der Waals surface area contributed by atoms with Crippen molar-refractivity contribution in [3.63, 3.8) is 0 Å². The van der Waals surface area contributed by atoms with Gasteiger partial charge in [-0.05, 0) is 65.9 Å². The Morgan fingerprint density at radius 3 is 2.86 bits per heavy atom. The van der Waals surface area contributed by atoms with Crippen LogP contribution in [0, 0.1) is 11.3 Å². The number of primary amides is 1. The fourth-order valence-corrected chi connectivity index (χ4v) is 5.33. The standard InChI is InChI=1S/C24H19N7O3S/c25-12-15(23(33)28-24-21(22(26)32)18-6-1-2-7-20(18)35-24)11-17-8-9-19(34-17)14-4-3-5-16(10-14)31-13-27-29-30-31/h3-5,8-11,13H,1-2,6-7H2,(H2,26,32)(H,28,33)/b15-11-. The van der Waals surface area contributed by atoms with Crippen LogP contribution in [0.2, 0.25) is 0 Å². The number of carbonyl (C=O) groups is 2. The molecule has 4 aromatic rings. The molecule has 3 N–H and O–H groups in total. The molecule has 0 aliphatic heterocycles. The van der Waals surface area contributed by atoms with Gasteiger partial charge in [0.2, 0.25) is 0 Å². The summed E-state index contributed by atoms with van der Waals surface area (Å²) in [6.07, 6.45) is 6.45. The Labute approximate surface area is 203 Å². The number of rotatable bonds is 6. The van der Waals surface area contributed by atoms with Crippen molar-refractivity contribution < 1.29 is 14.0 Å². The first-order chi connectivity index (χ1) is 17.0. The number of anilines is 1. The van der Waals surface area contributed by atoms with Crippen LogP contribution in [-0.4, -0.2) is 32.0 Å². The van der Waals surface area contributed by atoms with Crippen LogP contribution in [0.1, 0.15) is 39.4 Å². The number of aromatic nitrogens is 4. The Hall–Kier alpha value is -4.56. The number of tetrazole rings is 1. The highest BCUT2D eigenvalue weighted by Crippen LogP contribution is 2.38. The van der Waals surface area contributed by atoms with E-state index in [1.807, 2.05) is 30.3 Å². The van der Waals surface area contributed by atoms with E-state index in [4.69, 9.17) is 10.2 Å². The van der Waals surface area contributed by atoms with Crippen molar-refractivity contribution in [2.75, 3.05) is 5.32 Å². The molecule has 174 valence electrons. The molecule has 0 saturated heterocycles. The van der Waals surface area contributed by atoms with Crippen LogP contribution in [0.15, 0.2) is 52.7 Å². The highest BCUT2D eigenvalue weighted by molar-refractivity contribution is 7.17. The van der Waals surface area contributed by atoms with Gasteiger partial charge in [0, 0.05) is 16.5 Å². The van der Waals surface area contributed by atoms with E-state index in [1.165, 1.54) is 28.4 Å². The van der Waals surface area contributed by atoms with Crippen molar-refractivity contribution in [2.24, 2.45) is 5.73 Å². The molecule has 10 nitrogen and oxygen atoms in total. The van der Waals surface area contributed by atoms with Crippen LogP contribution < -0.4 is 11.1 Å². The smallest absolute Gasteiger partial charge is 0.267 e. The van der Waals surface area contributed by atoms with Gasteiger partial charge in [0.1, 0.15) is 34.5 Å². The predicted octanol–water partition coefficient (Wildman–Crippen LogP) is 3.51. The minimum Gasteiger partial charge on any atom is -0.457 e. The van der Waals surface area contributed by atoms with Crippen LogP contribution in [0.25, 0.3) is 23.1 Å². The summed E-state index contributed by atoms with van der Waals surface area (Å²) in [6, 6.07) is 12.7. The van der Waals surface area contributed by atoms with E-state index in [1.54, 1.807) is 12.1 Å². The highest BCUT2D eigenvalue weighted by Gasteiger charge is 2.25. The third-order valence-corrected chi connectivity index (χ3v) is 6.87. The maximum Gasteiger partial charge on any atom is 0.267 e. The monoisotopic (exact) mass is 485 g/mol. The number of hydrogen-bond donors (Lipinski definition) is 2. The van der Waals surface area contributed by atoms with E-state index in [0.29, 0.717) is 22.1 Å². The Bertz CT molecular complexity index is 1490. The number of carbonyl (C=O) groups excluding carboxylic acids is 2. The molecule has 3 aromatic heterocycles. The molecule has 1 aliphatic rings. The van der Waals surface area contributed by atoms with E-state index in [9.17, 15) is 14.9 Å². The lowest BCUT2D eigenvalue weighted by atomic mass is 9.95. The molecule has 0 spiro atoms. The molecule has 0 radical (unpaired) electrons. The van der Waals surface area contributed by atoms with E-state index >= 15 is 0 Å². The van der Waals surface area contributed by atoms with E-state index in [-0.39, 0.29) is 5.57 Å². The quantitative estimate of drug-likeness (QED) is 0.313. The van der Waals surface area contributed by atoms with Crippen LogP contribution in [0.5, 0.6) is 0 Å². The van der Waals surface area contributed by atoms with Crippen LogP contribution in [-0.2, 0) is 17.6 Å². The molecule has 5 rings (SSSR count). The van der Waals surface area contributed by atoms with Crippen LogP contribution in [0.3, 0.4) is 0 Å². The largest absolute Gasteiger partial charge is 0.457 e. The Kier molecular flexibility index (Phi) is 5.95. The topological polar surface area (TPSA) is 153 Å². The number of nitrogens with one attached hydrogen (secondary N) is 1. The zero-order chi connectivity index (χ0) is 24.4. The minimum absolute atomic E-state index is 0.157. The first-order valence-electron chi connectivity index (χ1n) is 10.8. The Morgan fingerprint density at radius 1 is 1.23 bits per heavy atom. The fraction of sp³-hybridized carbons (Fsp3) is 0.167. The molecule has 0 saturated carbocycles. The van der Waals surface area contributed by atoms with E-state index < -0.39 is 11.8 Å². The molecule has 35 heavy (non-hydrogen) atoms. The number of thiophene rings is 1. The average Bonchev–Trinajstić information content (AvgIpc) is 3.62. The molecule has 0 atom stereocenters. The molecule has 3 heterocycles. The third kappa shape index (κ3) is 4.47. The molecule has 0 fully saturated rings. The second-order valence-corrected chi connectivity index (χ2v) is 9.02. The summed E-state index contributed by atoms with van der Waals surface area (Å²) in [5.74, 6) is -0.333. The van der Waals surface area contributed by atoms with Gasteiger partial charge < -0.3 is 15.5 Å². The van der Waals surface area contributed by atoms with Gasteiger partial charge in [0.05, 0.1) is 11.3 Å². The Morgan fingerprint density at radius 2 is 2.09 bits per heavy atom. The number of nitriles is 1. The second kappa shape index (κ2) is 9.36. The van der Waals surface area contributed by atoms with Gasteiger partial charge >= 0.3 is 0 Å². The van der Waals surface area contributed by atoms with Gasteiger partial charge in [-0.25, -0.2) is 4.68 Å². The molecule has 0 bridgehead atoms. The Balaban J connectivity index is 1.38. The summed E-state index contributed by atoms with van der Waals surface area (Å²) >= 11 is 1.35. The maximum absolute atomic E-state index is 12.9. The van der Waals surface area contributed by atoms with Crippen molar-refractivity contribution in [1.29, 1.82) is 5.26 Å². The number of nitrogens with two attached hydrogens (primary N) is 1. The van der Waals surface area contributed by atoms with E-state index in [0.717, 1.165) is 47.4 Å². The molecule has 11 heteroatoms. The van der Waals surface area contributed by atoms with Gasteiger partial charge in [0.25, 0.3) is 11.8 Å². The van der Waals surface area contributed by atoms with Gasteiger partial charge in [0.15, 0.2) is 0 Å². The van der Waals surface area contributed by atoms with Crippen molar-refractivity contribution in [1.82, 2.24) is 20.2 Å². The number of aryl methyl sites for hydroxylation is 1. The van der Waals surface area contributed by atoms with Gasteiger partial charge in [-0.15, -0.1) is 16.4 Å². The molecule has 2 amide bonds. The number of fused-ring (bicyclic) bond motifs is 1. The van der Waals surface area contributed by atoms with Gasteiger partial charge in [-0.1, -0.05) is 12.1 Å². The molecule has 0 unspecified atom stereocenters. The number of furan rings is 1. The van der Waals surface area contributed by atoms with Crippen molar-refractivity contribution in [3.8, 4) is 23.1 Å². The van der Waals surface area contributed by atoms with Crippen molar-refractivity contribution in [2.45, 2.75) is 25.7 Å². The number of benzene rings is 1. The molecular formula is C24H19N7O3S. The number of amides is 2. The summed E-state index contributed by atoms with van der Waals surface area (Å²) < 4.78 is 7.39. The molecule has 1 aromatic carbocycles. The second-order valence-electron chi connectivity index (χ2n) is 7.91. The van der Waals surface area contributed by atoms with Gasteiger partial charge in [-0.2, -0.15) is 5.26 Å². The van der Waals surface area contributed by atoms with Crippen LogP contribution >= 0.6 is 11.3 Å². The third-order valence-electron chi connectivity index (χ3n) is 5.67. The van der Waals surface area contributed by atoms with Crippen molar-refractivity contribution in [3.05, 3.63) is 70.1 Å². The van der Waals surface area contributed by atoms with Gasteiger partial charge in [-0.3, -0.25) is 9.59 Å². The minimum atomic E-state index is -0.632. The van der Waals surface area contributed by atoms with E-state index in [2.05, 4.69) is 20.8 Å². The average molecular weight is 486 g/mol. The lowest BCUT2D eigenvalue weighted by Gasteiger charge is -2.11. The fourth-order valence-electron chi connectivity index (χ4n) is 4.04. The number of hydrogen-bond acceptors (Lipinski definition) is 8. The summed E-state index contributed by atoms with van der Waals surface area (Å²) in [5, 5.41) is 23.8. The first-order valence-corrected chi connectivity index (χ1v) is 11.7. The normalized spacial score (nSPS) is 13.2. The summed E-state index contributed by atoms with van der Waals surface area (Å²) in [6.45, 7) is 0. The summed E-state index contributed by atoms with van der Waals surface area (Å²) in [5.41, 5.74) is 8.22. The van der Waals surface area contributed by atoms with Crippen molar-refractivity contribution >= 4 is 34.2 Å². The number of nitrogens with zero attached hydrogens (tertiary/aromatic N) is 5. The molecule has 1 aliphatic carbocycles.